The Morgan fingerprint density at radius 2 is 1.83 bits per heavy atom. The van der Waals surface area contributed by atoms with Crippen LogP contribution in [0.15, 0.2) is 42.5 Å². The van der Waals surface area contributed by atoms with Crippen molar-refractivity contribution in [2.24, 2.45) is 0 Å². The Kier molecular flexibility index (Phi) is 8.80. The maximum absolute atomic E-state index is 12.6. The molecule has 0 bridgehead atoms. The predicted octanol–water partition coefficient (Wildman–Crippen LogP) is 4.63. The molecule has 0 spiro atoms. The second-order valence-corrected chi connectivity index (χ2v) is 7.07. The highest BCUT2D eigenvalue weighted by atomic mass is 35.5. The number of benzene rings is 2. The normalized spacial score (nSPS) is 10.3. The molecule has 2 rings (SSSR count). The first-order valence-corrected chi connectivity index (χ1v) is 9.94. The number of carbonyl (C=O) groups excluding carboxylic acids is 2. The summed E-state index contributed by atoms with van der Waals surface area (Å²) in [6.45, 7) is 2.70. The Hall–Kier alpha value is -2.73. The van der Waals surface area contributed by atoms with Gasteiger partial charge in [-0.3, -0.25) is 9.59 Å². The van der Waals surface area contributed by atoms with E-state index in [9.17, 15) is 9.59 Å². The highest BCUT2D eigenvalue weighted by Gasteiger charge is 2.16. The molecule has 7 heteroatoms. The lowest BCUT2D eigenvalue weighted by atomic mass is 10.2. The number of hydrogen-bond donors (Lipinski definition) is 1. The van der Waals surface area contributed by atoms with E-state index in [0.717, 1.165) is 25.0 Å². The summed E-state index contributed by atoms with van der Waals surface area (Å²) in [5, 5.41) is 3.19. The zero-order valence-corrected chi connectivity index (χ0v) is 17.8. The molecule has 0 atom stereocenters. The van der Waals surface area contributed by atoms with E-state index in [-0.39, 0.29) is 18.4 Å². The van der Waals surface area contributed by atoms with E-state index in [2.05, 4.69) is 12.2 Å². The van der Waals surface area contributed by atoms with Crippen molar-refractivity contribution in [2.75, 3.05) is 32.6 Å². The van der Waals surface area contributed by atoms with E-state index in [1.54, 1.807) is 49.5 Å². The van der Waals surface area contributed by atoms with Crippen molar-refractivity contribution < 1.29 is 19.1 Å². The van der Waals surface area contributed by atoms with Crippen LogP contribution in [0, 0.1) is 0 Å². The minimum Gasteiger partial charge on any atom is -0.495 e. The summed E-state index contributed by atoms with van der Waals surface area (Å²) >= 11 is 5.97. The molecule has 0 heterocycles. The zero-order chi connectivity index (χ0) is 21.2. The van der Waals surface area contributed by atoms with Gasteiger partial charge >= 0.3 is 0 Å². The standard InChI is InChI=1S/C22H27ClN2O4/c1-4-5-6-13-29-18-10-7-16(8-11-18)22(27)25(2)15-21(26)24-19-14-17(23)9-12-20(19)28-3/h7-12,14H,4-6,13,15H2,1-3H3,(H,24,26). The van der Waals surface area contributed by atoms with E-state index in [4.69, 9.17) is 21.1 Å². The smallest absolute Gasteiger partial charge is 0.254 e. The monoisotopic (exact) mass is 418 g/mol. The van der Waals surface area contributed by atoms with Gasteiger partial charge in [-0.1, -0.05) is 31.4 Å². The molecule has 29 heavy (non-hydrogen) atoms. The van der Waals surface area contributed by atoms with Crippen LogP contribution in [-0.2, 0) is 4.79 Å². The number of hydrogen-bond acceptors (Lipinski definition) is 4. The maximum Gasteiger partial charge on any atom is 0.254 e. The third-order valence-corrected chi connectivity index (χ3v) is 4.52. The number of rotatable bonds is 10. The summed E-state index contributed by atoms with van der Waals surface area (Å²) in [5.41, 5.74) is 0.942. The third kappa shape index (κ3) is 6.98. The molecule has 0 unspecified atom stereocenters. The average molecular weight is 419 g/mol. The molecule has 2 amide bonds. The summed E-state index contributed by atoms with van der Waals surface area (Å²) in [4.78, 5) is 26.3. The van der Waals surface area contributed by atoms with Gasteiger partial charge in [-0.2, -0.15) is 0 Å². The number of amides is 2. The number of carbonyl (C=O) groups is 2. The molecular weight excluding hydrogens is 392 g/mol. The lowest BCUT2D eigenvalue weighted by molar-refractivity contribution is -0.116. The number of anilines is 1. The topological polar surface area (TPSA) is 67.9 Å². The Bertz CT molecular complexity index is 824. The maximum atomic E-state index is 12.6. The van der Waals surface area contributed by atoms with Gasteiger partial charge in [-0.05, 0) is 48.9 Å². The first-order valence-electron chi connectivity index (χ1n) is 9.56. The largest absolute Gasteiger partial charge is 0.495 e. The molecule has 0 saturated carbocycles. The van der Waals surface area contributed by atoms with Crippen molar-refractivity contribution in [2.45, 2.75) is 26.2 Å². The van der Waals surface area contributed by atoms with Gasteiger partial charge in [0.2, 0.25) is 5.91 Å². The predicted molar refractivity (Wildman–Crippen MR) is 115 cm³/mol. The minimum absolute atomic E-state index is 0.107. The van der Waals surface area contributed by atoms with Gasteiger partial charge in [0, 0.05) is 17.6 Å². The number of methoxy groups -OCH3 is 1. The molecule has 2 aromatic carbocycles. The average Bonchev–Trinajstić information content (AvgIpc) is 2.71. The van der Waals surface area contributed by atoms with Crippen LogP contribution < -0.4 is 14.8 Å². The van der Waals surface area contributed by atoms with Crippen LogP contribution in [0.4, 0.5) is 5.69 Å². The van der Waals surface area contributed by atoms with Gasteiger partial charge in [-0.25, -0.2) is 0 Å². The van der Waals surface area contributed by atoms with Crippen molar-refractivity contribution in [3.8, 4) is 11.5 Å². The number of unbranched alkanes of at least 4 members (excludes halogenated alkanes) is 2. The zero-order valence-electron chi connectivity index (χ0n) is 17.0. The van der Waals surface area contributed by atoms with Crippen LogP contribution in [0.3, 0.4) is 0 Å². The fraction of sp³-hybridized carbons (Fsp3) is 0.364. The minimum atomic E-state index is -0.350. The highest BCUT2D eigenvalue weighted by molar-refractivity contribution is 6.31. The van der Waals surface area contributed by atoms with Gasteiger partial charge in [-0.15, -0.1) is 0 Å². The van der Waals surface area contributed by atoms with Crippen LogP contribution in [0.1, 0.15) is 36.5 Å². The number of halogens is 1. The number of nitrogens with zero attached hydrogens (tertiary/aromatic N) is 1. The molecule has 156 valence electrons. The van der Waals surface area contributed by atoms with E-state index in [1.165, 1.54) is 12.0 Å². The molecule has 0 aliphatic carbocycles. The first kappa shape index (κ1) is 22.6. The van der Waals surface area contributed by atoms with E-state index < -0.39 is 0 Å². The molecule has 1 N–H and O–H groups in total. The van der Waals surface area contributed by atoms with Crippen molar-refractivity contribution in [3.63, 3.8) is 0 Å². The van der Waals surface area contributed by atoms with Crippen LogP contribution in [0.5, 0.6) is 11.5 Å². The van der Waals surface area contributed by atoms with Gasteiger partial charge < -0.3 is 19.7 Å². The SMILES string of the molecule is CCCCCOc1ccc(C(=O)N(C)CC(=O)Nc2cc(Cl)ccc2OC)cc1. The second kappa shape index (κ2) is 11.3. The van der Waals surface area contributed by atoms with E-state index in [1.807, 2.05) is 0 Å². The molecule has 0 aliphatic rings. The summed E-state index contributed by atoms with van der Waals surface area (Å²) in [5.74, 6) is 0.616. The number of ether oxygens (including phenoxy) is 2. The van der Waals surface area contributed by atoms with Crippen LogP contribution >= 0.6 is 11.6 Å². The molecule has 0 fully saturated rings. The van der Waals surface area contributed by atoms with Gasteiger partial charge in [0.15, 0.2) is 0 Å². The molecule has 2 aromatic rings. The van der Waals surface area contributed by atoms with E-state index >= 15 is 0 Å². The summed E-state index contributed by atoms with van der Waals surface area (Å²) < 4.78 is 10.9. The Labute approximate surface area is 176 Å². The summed E-state index contributed by atoms with van der Waals surface area (Å²) in [6, 6.07) is 11.9. The molecule has 0 aromatic heterocycles. The van der Waals surface area contributed by atoms with Gasteiger partial charge in [0.05, 0.1) is 25.9 Å². The molecule has 0 aliphatic heterocycles. The second-order valence-electron chi connectivity index (χ2n) is 6.63. The number of nitrogens with one attached hydrogen (secondary N) is 1. The quantitative estimate of drug-likeness (QED) is 0.571. The van der Waals surface area contributed by atoms with E-state index in [0.29, 0.717) is 28.6 Å². The molecular formula is C22H27ClN2O4. The lowest BCUT2D eigenvalue weighted by Gasteiger charge is -2.18. The molecule has 0 radical (unpaired) electrons. The summed E-state index contributed by atoms with van der Waals surface area (Å²) in [6.07, 6.45) is 3.28. The number of likely N-dealkylation sites (N-methyl/N-ethyl adjacent to an activating group) is 1. The van der Waals surface area contributed by atoms with Crippen molar-refractivity contribution in [1.82, 2.24) is 4.90 Å². The van der Waals surface area contributed by atoms with Crippen LogP contribution in [-0.4, -0.2) is 44.0 Å². The van der Waals surface area contributed by atoms with Crippen LogP contribution in [0.2, 0.25) is 5.02 Å². The van der Waals surface area contributed by atoms with Gasteiger partial charge in [0.25, 0.3) is 5.91 Å². The van der Waals surface area contributed by atoms with Crippen LogP contribution in [0.25, 0.3) is 0 Å². The lowest BCUT2D eigenvalue weighted by Crippen LogP contribution is -2.35. The fourth-order valence-electron chi connectivity index (χ4n) is 2.71. The van der Waals surface area contributed by atoms with Crippen molar-refractivity contribution >= 4 is 29.1 Å². The Morgan fingerprint density at radius 1 is 1.10 bits per heavy atom. The first-order chi connectivity index (χ1) is 13.9. The molecule has 0 saturated heterocycles. The fourth-order valence-corrected chi connectivity index (χ4v) is 2.88. The Balaban J connectivity index is 1.91. The Morgan fingerprint density at radius 3 is 2.48 bits per heavy atom. The van der Waals surface area contributed by atoms with Gasteiger partial charge in [0.1, 0.15) is 11.5 Å². The third-order valence-electron chi connectivity index (χ3n) is 4.28. The molecule has 6 nitrogen and oxygen atoms in total. The van der Waals surface area contributed by atoms with Crippen molar-refractivity contribution in [3.05, 3.63) is 53.1 Å². The van der Waals surface area contributed by atoms with Crippen molar-refractivity contribution in [1.29, 1.82) is 0 Å². The summed E-state index contributed by atoms with van der Waals surface area (Å²) in [7, 11) is 3.08. The highest BCUT2D eigenvalue weighted by Crippen LogP contribution is 2.27.